The van der Waals surface area contributed by atoms with Gasteiger partial charge in [-0.05, 0) is 61.9 Å². The molecule has 0 amide bonds. The second-order valence-electron chi connectivity index (χ2n) is 6.52. The van der Waals surface area contributed by atoms with Crippen molar-refractivity contribution in [3.8, 4) is 0 Å². The van der Waals surface area contributed by atoms with Gasteiger partial charge in [0.25, 0.3) is 0 Å². The fraction of sp³-hybridized carbons (Fsp3) is 0.364. The summed E-state index contributed by atoms with van der Waals surface area (Å²) < 4.78 is 7.93. The average molecular weight is 336 g/mol. The lowest BCUT2D eigenvalue weighted by Gasteiger charge is -2.12. The maximum Gasteiger partial charge on any atom is 0.0587 e. The minimum absolute atomic E-state index is 0.278. The van der Waals surface area contributed by atoms with Gasteiger partial charge in [-0.25, -0.2) is 0 Å². The first-order chi connectivity index (χ1) is 12.3. The Kier molecular flexibility index (Phi) is 6.13. The molecule has 0 aliphatic carbocycles. The number of anilines is 1. The molecule has 0 bridgehead atoms. The van der Waals surface area contributed by atoms with Gasteiger partial charge in [0.1, 0.15) is 0 Å². The number of benzene rings is 2. The summed E-state index contributed by atoms with van der Waals surface area (Å²) in [7, 11) is 0. The van der Waals surface area contributed by atoms with Gasteiger partial charge in [-0.15, -0.1) is 0 Å². The molecule has 0 saturated carbocycles. The Balaban J connectivity index is 1.44. The van der Waals surface area contributed by atoms with Crippen molar-refractivity contribution in [2.45, 2.75) is 39.3 Å². The third-order valence-electron chi connectivity index (χ3n) is 4.51. The van der Waals surface area contributed by atoms with Crippen molar-refractivity contribution in [1.82, 2.24) is 4.57 Å². The van der Waals surface area contributed by atoms with Gasteiger partial charge in [0.15, 0.2) is 0 Å². The topological polar surface area (TPSA) is 26.2 Å². The van der Waals surface area contributed by atoms with E-state index < -0.39 is 0 Å². The van der Waals surface area contributed by atoms with E-state index in [-0.39, 0.29) is 6.10 Å². The molecule has 0 saturated heterocycles. The highest BCUT2D eigenvalue weighted by Crippen LogP contribution is 2.16. The summed E-state index contributed by atoms with van der Waals surface area (Å²) in [5.74, 6) is 0. The number of aryl methyl sites for hydroxylation is 1. The highest BCUT2D eigenvalue weighted by molar-refractivity contribution is 5.79. The molecular formula is C22H28N2O. The lowest BCUT2D eigenvalue weighted by Crippen LogP contribution is -2.11. The van der Waals surface area contributed by atoms with Gasteiger partial charge in [-0.2, -0.15) is 0 Å². The predicted octanol–water partition coefficient (Wildman–Crippen LogP) is 5.11. The molecule has 132 valence electrons. The van der Waals surface area contributed by atoms with Gasteiger partial charge in [0, 0.05) is 37.1 Å². The predicted molar refractivity (Wildman–Crippen MR) is 106 cm³/mol. The van der Waals surface area contributed by atoms with Crippen LogP contribution in [-0.2, 0) is 17.7 Å². The molecule has 1 atom stereocenters. The van der Waals surface area contributed by atoms with Gasteiger partial charge in [0.2, 0.25) is 0 Å². The van der Waals surface area contributed by atoms with Crippen LogP contribution in [0.3, 0.4) is 0 Å². The van der Waals surface area contributed by atoms with Crippen LogP contribution >= 0.6 is 0 Å². The smallest absolute Gasteiger partial charge is 0.0587 e. The second kappa shape index (κ2) is 8.72. The molecule has 0 aliphatic heterocycles. The number of rotatable bonds is 9. The molecule has 25 heavy (non-hydrogen) atoms. The molecule has 0 spiro atoms. The van der Waals surface area contributed by atoms with Gasteiger partial charge < -0.3 is 14.6 Å². The molecule has 3 aromatic rings. The molecule has 3 heteroatoms. The number of para-hydroxylation sites is 1. The fourth-order valence-corrected chi connectivity index (χ4v) is 3.25. The third-order valence-corrected chi connectivity index (χ3v) is 4.51. The molecule has 0 radical (unpaired) electrons. The number of ether oxygens (including phenoxy) is 1. The number of hydrogen-bond donors (Lipinski definition) is 1. The SMILES string of the molecule is CCOC(C)Cc1ccc(NCCCn2ccc3ccccc32)cc1. The highest BCUT2D eigenvalue weighted by atomic mass is 16.5. The van der Waals surface area contributed by atoms with Gasteiger partial charge in [-0.1, -0.05) is 30.3 Å². The quantitative estimate of drug-likeness (QED) is 0.550. The Hall–Kier alpha value is -2.26. The summed E-state index contributed by atoms with van der Waals surface area (Å²) in [5, 5.41) is 4.83. The van der Waals surface area contributed by atoms with Crippen molar-refractivity contribution in [2.75, 3.05) is 18.5 Å². The van der Waals surface area contributed by atoms with Crippen LogP contribution in [0.5, 0.6) is 0 Å². The molecular weight excluding hydrogens is 308 g/mol. The van der Waals surface area contributed by atoms with Crippen LogP contribution in [0.4, 0.5) is 5.69 Å². The van der Waals surface area contributed by atoms with Crippen LogP contribution in [-0.4, -0.2) is 23.8 Å². The number of fused-ring (bicyclic) bond motifs is 1. The Morgan fingerprint density at radius 3 is 2.64 bits per heavy atom. The van der Waals surface area contributed by atoms with E-state index in [1.807, 2.05) is 6.92 Å². The van der Waals surface area contributed by atoms with Crippen LogP contribution in [0, 0.1) is 0 Å². The summed E-state index contributed by atoms with van der Waals surface area (Å²) in [6.45, 7) is 6.95. The first-order valence-corrected chi connectivity index (χ1v) is 9.24. The zero-order valence-electron chi connectivity index (χ0n) is 15.2. The van der Waals surface area contributed by atoms with Crippen LogP contribution in [0.2, 0.25) is 0 Å². The fourth-order valence-electron chi connectivity index (χ4n) is 3.25. The van der Waals surface area contributed by atoms with Crippen molar-refractivity contribution in [3.05, 3.63) is 66.4 Å². The average Bonchev–Trinajstić information content (AvgIpc) is 3.03. The van der Waals surface area contributed by atoms with Crippen molar-refractivity contribution in [1.29, 1.82) is 0 Å². The molecule has 2 aromatic carbocycles. The maximum absolute atomic E-state index is 5.60. The number of nitrogens with one attached hydrogen (secondary N) is 1. The van der Waals surface area contributed by atoms with E-state index >= 15 is 0 Å². The van der Waals surface area contributed by atoms with E-state index in [1.54, 1.807) is 0 Å². The first-order valence-electron chi connectivity index (χ1n) is 9.24. The third kappa shape index (κ3) is 4.86. The molecule has 3 rings (SSSR count). The zero-order valence-corrected chi connectivity index (χ0v) is 15.2. The van der Waals surface area contributed by atoms with Crippen molar-refractivity contribution in [3.63, 3.8) is 0 Å². The zero-order chi connectivity index (χ0) is 17.5. The standard InChI is InChI=1S/C22H28N2O/c1-3-25-18(2)17-19-9-11-21(12-10-19)23-14-6-15-24-16-13-20-7-4-5-8-22(20)24/h4-5,7-13,16,18,23H,3,6,14-15,17H2,1-2H3. The number of hydrogen-bond acceptors (Lipinski definition) is 2. The van der Waals surface area contributed by atoms with Crippen LogP contribution in [0.25, 0.3) is 10.9 Å². The molecule has 1 N–H and O–H groups in total. The normalized spacial score (nSPS) is 12.4. The lowest BCUT2D eigenvalue weighted by atomic mass is 10.1. The molecule has 0 fully saturated rings. The van der Waals surface area contributed by atoms with Gasteiger partial charge in [0.05, 0.1) is 6.10 Å². The highest BCUT2D eigenvalue weighted by Gasteiger charge is 2.03. The monoisotopic (exact) mass is 336 g/mol. The van der Waals surface area contributed by atoms with Crippen LogP contribution < -0.4 is 5.32 Å². The van der Waals surface area contributed by atoms with E-state index in [2.05, 4.69) is 77.6 Å². The summed E-state index contributed by atoms with van der Waals surface area (Å²) >= 11 is 0. The Morgan fingerprint density at radius 2 is 1.84 bits per heavy atom. The maximum atomic E-state index is 5.60. The molecule has 1 heterocycles. The summed E-state index contributed by atoms with van der Waals surface area (Å²) in [6, 6.07) is 19.4. The Morgan fingerprint density at radius 1 is 1.04 bits per heavy atom. The van der Waals surface area contributed by atoms with E-state index in [1.165, 1.54) is 22.2 Å². The van der Waals surface area contributed by atoms with Crippen molar-refractivity contribution >= 4 is 16.6 Å². The van der Waals surface area contributed by atoms with Crippen LogP contribution in [0.15, 0.2) is 60.8 Å². The van der Waals surface area contributed by atoms with Gasteiger partial charge in [-0.3, -0.25) is 0 Å². The lowest BCUT2D eigenvalue weighted by molar-refractivity contribution is 0.0768. The summed E-state index contributed by atoms with van der Waals surface area (Å²) in [5.41, 5.74) is 3.82. The first kappa shape index (κ1) is 17.6. The largest absolute Gasteiger partial charge is 0.385 e. The van der Waals surface area contributed by atoms with E-state index in [9.17, 15) is 0 Å². The Bertz CT molecular complexity index is 776. The number of aromatic nitrogens is 1. The summed E-state index contributed by atoms with van der Waals surface area (Å²) in [6.07, 6.45) is 4.52. The minimum Gasteiger partial charge on any atom is -0.385 e. The molecule has 1 aromatic heterocycles. The second-order valence-corrected chi connectivity index (χ2v) is 6.52. The summed E-state index contributed by atoms with van der Waals surface area (Å²) in [4.78, 5) is 0. The minimum atomic E-state index is 0.278. The van der Waals surface area contributed by atoms with Gasteiger partial charge >= 0.3 is 0 Å². The van der Waals surface area contributed by atoms with Crippen molar-refractivity contribution in [2.24, 2.45) is 0 Å². The molecule has 1 unspecified atom stereocenters. The van der Waals surface area contributed by atoms with E-state index in [0.29, 0.717) is 0 Å². The molecule has 3 nitrogen and oxygen atoms in total. The number of nitrogens with zero attached hydrogens (tertiary/aromatic N) is 1. The Labute approximate surface area is 150 Å². The molecule has 0 aliphatic rings. The van der Waals surface area contributed by atoms with E-state index in [4.69, 9.17) is 4.74 Å². The van der Waals surface area contributed by atoms with E-state index in [0.717, 1.165) is 32.5 Å². The van der Waals surface area contributed by atoms with Crippen molar-refractivity contribution < 1.29 is 4.74 Å². The van der Waals surface area contributed by atoms with Crippen LogP contribution in [0.1, 0.15) is 25.8 Å².